The Labute approximate surface area is 187 Å². The molecule has 0 atom stereocenters. The second-order valence-electron chi connectivity index (χ2n) is 8.29. The monoisotopic (exact) mass is 428 g/mol. The summed E-state index contributed by atoms with van der Waals surface area (Å²) in [6, 6.07) is 15.6. The van der Waals surface area contributed by atoms with Crippen molar-refractivity contribution in [2.45, 2.75) is 40.5 Å². The number of aryl methyl sites for hydroxylation is 4. The number of anilines is 1. The molecule has 0 spiro atoms. The number of para-hydroxylation sites is 1. The number of benzene rings is 2. The fourth-order valence-corrected chi connectivity index (χ4v) is 4.26. The highest BCUT2D eigenvalue weighted by Crippen LogP contribution is 2.26. The number of amides is 1. The molecule has 1 N–H and O–H groups in total. The third kappa shape index (κ3) is 3.73. The molecule has 0 saturated carbocycles. The van der Waals surface area contributed by atoms with E-state index in [9.17, 15) is 9.59 Å². The number of hydrogen-bond acceptors (Lipinski definition) is 3. The second-order valence-corrected chi connectivity index (χ2v) is 8.29. The van der Waals surface area contributed by atoms with Gasteiger partial charge in [0.2, 0.25) is 5.91 Å². The van der Waals surface area contributed by atoms with Gasteiger partial charge in [-0.15, -0.1) is 0 Å². The lowest BCUT2D eigenvalue weighted by Crippen LogP contribution is -2.25. The topological polar surface area (TPSA) is 68.9 Å². The summed E-state index contributed by atoms with van der Waals surface area (Å²) in [5, 5.41) is 8.65. The normalized spacial score (nSPS) is 11.2. The number of nitrogens with zero attached hydrogens (tertiary/aromatic N) is 3. The van der Waals surface area contributed by atoms with Gasteiger partial charge in [0.1, 0.15) is 5.65 Å². The molecule has 0 saturated heterocycles. The molecule has 4 aromatic rings. The number of rotatable bonds is 5. The first-order valence-corrected chi connectivity index (χ1v) is 10.8. The van der Waals surface area contributed by atoms with Crippen molar-refractivity contribution in [3.8, 4) is 5.69 Å². The average Bonchev–Trinajstić information content (AvgIpc) is 3.13. The van der Waals surface area contributed by atoms with E-state index in [1.807, 2.05) is 80.9 Å². The maximum absolute atomic E-state index is 13.3. The van der Waals surface area contributed by atoms with Crippen LogP contribution in [0.4, 0.5) is 5.69 Å². The molecule has 0 radical (unpaired) electrons. The summed E-state index contributed by atoms with van der Waals surface area (Å²) >= 11 is 0. The van der Waals surface area contributed by atoms with Crippen LogP contribution >= 0.6 is 0 Å². The lowest BCUT2D eigenvalue weighted by Gasteiger charge is -2.13. The highest BCUT2D eigenvalue weighted by Gasteiger charge is 2.20. The molecule has 0 bridgehead atoms. The van der Waals surface area contributed by atoms with Gasteiger partial charge in [-0.1, -0.05) is 30.3 Å². The molecule has 4 rings (SSSR count). The highest BCUT2D eigenvalue weighted by atomic mass is 16.1. The Hall–Kier alpha value is -3.67. The van der Waals surface area contributed by atoms with Gasteiger partial charge in [-0.2, -0.15) is 5.10 Å². The van der Waals surface area contributed by atoms with Crippen molar-refractivity contribution in [2.75, 3.05) is 5.32 Å². The van der Waals surface area contributed by atoms with Crippen LogP contribution in [0, 0.1) is 27.7 Å². The number of nitrogens with one attached hydrogen (secondary N) is 1. The Morgan fingerprint density at radius 2 is 1.69 bits per heavy atom. The number of carbonyl (C=O) groups excluding carboxylic acids is 1. The third-order valence-corrected chi connectivity index (χ3v) is 6.23. The van der Waals surface area contributed by atoms with E-state index in [-0.39, 0.29) is 17.9 Å². The van der Waals surface area contributed by atoms with E-state index in [2.05, 4.69) is 5.32 Å². The predicted molar refractivity (Wildman–Crippen MR) is 129 cm³/mol. The van der Waals surface area contributed by atoms with Gasteiger partial charge in [0, 0.05) is 30.1 Å². The van der Waals surface area contributed by atoms with Crippen molar-refractivity contribution in [3.63, 3.8) is 0 Å². The Balaban J connectivity index is 1.67. The predicted octanol–water partition coefficient (Wildman–Crippen LogP) is 4.53. The fourth-order valence-electron chi connectivity index (χ4n) is 4.26. The van der Waals surface area contributed by atoms with Crippen LogP contribution < -0.4 is 10.9 Å². The minimum atomic E-state index is -0.100. The number of pyridine rings is 1. The Kier molecular flexibility index (Phi) is 5.70. The van der Waals surface area contributed by atoms with E-state index in [0.29, 0.717) is 12.0 Å². The van der Waals surface area contributed by atoms with Gasteiger partial charge in [-0.3, -0.25) is 14.2 Å². The van der Waals surface area contributed by atoms with Crippen LogP contribution in [0.25, 0.3) is 16.7 Å². The molecule has 2 heterocycles. The number of aromatic nitrogens is 3. The first kappa shape index (κ1) is 21.6. The van der Waals surface area contributed by atoms with E-state index >= 15 is 0 Å². The van der Waals surface area contributed by atoms with E-state index in [4.69, 9.17) is 5.10 Å². The van der Waals surface area contributed by atoms with E-state index < -0.39 is 0 Å². The lowest BCUT2D eigenvalue weighted by molar-refractivity contribution is -0.116. The van der Waals surface area contributed by atoms with Gasteiger partial charge in [-0.25, -0.2) is 4.68 Å². The summed E-state index contributed by atoms with van der Waals surface area (Å²) in [7, 11) is 1.77. The standard InChI is InChI=1S/C26H28N4O2/c1-16-10-9-13-22(17(16)2)27-23(31)15-14-21-18(3)24-19(4)28-30(20-11-7-6-8-12-20)25(24)29(5)26(21)32/h6-13H,14-15H2,1-5H3,(H,27,31). The van der Waals surface area contributed by atoms with Crippen molar-refractivity contribution >= 4 is 22.6 Å². The number of carbonyl (C=O) groups is 1. The largest absolute Gasteiger partial charge is 0.326 e. The van der Waals surface area contributed by atoms with Crippen molar-refractivity contribution in [1.29, 1.82) is 0 Å². The van der Waals surface area contributed by atoms with Gasteiger partial charge >= 0.3 is 0 Å². The zero-order valence-electron chi connectivity index (χ0n) is 19.2. The van der Waals surface area contributed by atoms with Crippen LogP contribution in [0.1, 0.15) is 34.4 Å². The number of fused-ring (bicyclic) bond motifs is 1. The molecule has 1 amide bonds. The summed E-state index contributed by atoms with van der Waals surface area (Å²) in [5.41, 5.74) is 6.98. The third-order valence-electron chi connectivity index (χ3n) is 6.23. The molecule has 0 aliphatic rings. The summed E-state index contributed by atoms with van der Waals surface area (Å²) in [4.78, 5) is 25.9. The maximum atomic E-state index is 13.3. The summed E-state index contributed by atoms with van der Waals surface area (Å²) in [6.07, 6.45) is 0.613. The van der Waals surface area contributed by atoms with Gasteiger partial charge in [0.05, 0.1) is 11.4 Å². The molecule has 0 aliphatic carbocycles. The van der Waals surface area contributed by atoms with E-state index in [1.165, 1.54) is 0 Å². The van der Waals surface area contributed by atoms with Crippen LogP contribution in [0.15, 0.2) is 53.3 Å². The molecule has 32 heavy (non-hydrogen) atoms. The first-order valence-electron chi connectivity index (χ1n) is 10.8. The quantitative estimate of drug-likeness (QED) is 0.508. The van der Waals surface area contributed by atoms with Gasteiger partial charge in [0.15, 0.2) is 0 Å². The van der Waals surface area contributed by atoms with Crippen LogP contribution in [-0.4, -0.2) is 20.3 Å². The SMILES string of the molecule is Cc1cccc(NC(=O)CCc2c(C)c3c(C)nn(-c4ccccc4)c3n(C)c2=O)c1C. The minimum Gasteiger partial charge on any atom is -0.326 e. The molecular formula is C26H28N4O2. The van der Waals surface area contributed by atoms with Crippen molar-refractivity contribution in [3.05, 3.63) is 86.8 Å². The first-order chi connectivity index (χ1) is 15.3. The van der Waals surface area contributed by atoms with Crippen molar-refractivity contribution in [1.82, 2.24) is 14.3 Å². The van der Waals surface area contributed by atoms with E-state index in [0.717, 1.165) is 44.8 Å². The Bertz CT molecular complexity index is 1380. The molecule has 0 unspecified atom stereocenters. The zero-order valence-corrected chi connectivity index (χ0v) is 19.2. The van der Waals surface area contributed by atoms with Crippen molar-refractivity contribution < 1.29 is 4.79 Å². The molecule has 0 aliphatic heterocycles. The van der Waals surface area contributed by atoms with Crippen molar-refractivity contribution in [2.24, 2.45) is 7.05 Å². The zero-order chi connectivity index (χ0) is 23.0. The summed E-state index contributed by atoms with van der Waals surface area (Å²) < 4.78 is 3.46. The van der Waals surface area contributed by atoms with E-state index in [1.54, 1.807) is 11.6 Å². The maximum Gasteiger partial charge on any atom is 0.255 e. The van der Waals surface area contributed by atoms with Gasteiger partial charge in [0.25, 0.3) is 5.56 Å². The van der Waals surface area contributed by atoms with Crippen LogP contribution in [-0.2, 0) is 18.3 Å². The molecule has 0 fully saturated rings. The fraction of sp³-hybridized carbons (Fsp3) is 0.269. The molecule has 164 valence electrons. The number of hydrogen-bond donors (Lipinski definition) is 1. The second kappa shape index (κ2) is 8.46. The lowest BCUT2D eigenvalue weighted by atomic mass is 10.0. The van der Waals surface area contributed by atoms with Gasteiger partial charge < -0.3 is 5.32 Å². The minimum absolute atomic E-state index is 0.0911. The smallest absolute Gasteiger partial charge is 0.255 e. The van der Waals surface area contributed by atoms with Crippen LogP contribution in [0.2, 0.25) is 0 Å². The highest BCUT2D eigenvalue weighted by molar-refractivity contribution is 5.92. The average molecular weight is 429 g/mol. The molecule has 2 aromatic heterocycles. The Morgan fingerprint density at radius 1 is 0.969 bits per heavy atom. The Morgan fingerprint density at radius 3 is 2.41 bits per heavy atom. The van der Waals surface area contributed by atoms with Crippen LogP contribution in [0.5, 0.6) is 0 Å². The summed E-state index contributed by atoms with van der Waals surface area (Å²) in [5.74, 6) is -0.100. The molecule has 6 nitrogen and oxygen atoms in total. The molecular weight excluding hydrogens is 400 g/mol. The molecule has 2 aromatic carbocycles. The summed E-state index contributed by atoms with van der Waals surface area (Å²) in [6.45, 7) is 7.92. The van der Waals surface area contributed by atoms with Crippen LogP contribution in [0.3, 0.4) is 0 Å². The van der Waals surface area contributed by atoms with Gasteiger partial charge in [-0.05, 0) is 69.0 Å². The molecule has 6 heteroatoms.